The summed E-state index contributed by atoms with van der Waals surface area (Å²) >= 11 is 0. The van der Waals surface area contributed by atoms with Gasteiger partial charge in [-0.05, 0) is 6.42 Å². The molecule has 0 saturated carbocycles. The monoisotopic (exact) mass is 484 g/mol. The number of phosphoric ester groups is 1. The van der Waals surface area contributed by atoms with E-state index in [0.29, 0.717) is 13.2 Å². The van der Waals surface area contributed by atoms with Gasteiger partial charge >= 0.3 is 18.9 Å². The topological polar surface area (TPSA) is 77.1 Å². The van der Waals surface area contributed by atoms with Gasteiger partial charge < -0.3 is 23.4 Å². The van der Waals surface area contributed by atoms with Crippen molar-refractivity contribution in [1.82, 2.24) is 0 Å². The summed E-state index contributed by atoms with van der Waals surface area (Å²) in [5, 5.41) is 0. The third kappa shape index (κ3) is 26.8. The van der Waals surface area contributed by atoms with E-state index in [0.717, 1.165) is 20.0 Å². The first kappa shape index (κ1) is 35.5. The molecule has 2 unspecified atom stereocenters. The fraction of sp³-hybridized carbons (Fsp3) is 0.920. The van der Waals surface area contributed by atoms with Crippen molar-refractivity contribution in [3.63, 3.8) is 0 Å². The fourth-order valence-electron chi connectivity index (χ4n) is 3.58. The van der Waals surface area contributed by atoms with Crippen molar-refractivity contribution in [1.29, 1.82) is 0 Å². The van der Waals surface area contributed by atoms with Crippen molar-refractivity contribution in [3.05, 3.63) is 12.7 Å². The number of hydrogen-bond acceptors (Lipinski definition) is 6. The SMILES string of the molecule is C=CCOCC(COCCCCCCCCCCCCCCCCCC)OP(=O)([O-])OC.[Li+]. The minimum atomic E-state index is -4.31. The van der Waals surface area contributed by atoms with Gasteiger partial charge in [-0.25, -0.2) is 0 Å². The molecule has 0 rings (SSSR count). The average molecular weight is 485 g/mol. The van der Waals surface area contributed by atoms with Gasteiger partial charge in [0.25, 0.3) is 7.82 Å². The van der Waals surface area contributed by atoms with Crippen LogP contribution in [0.4, 0.5) is 0 Å². The van der Waals surface area contributed by atoms with Crippen molar-refractivity contribution in [2.24, 2.45) is 0 Å². The average Bonchev–Trinajstić information content (AvgIpc) is 2.78. The fourth-order valence-corrected chi connectivity index (χ4v) is 4.16. The van der Waals surface area contributed by atoms with E-state index in [4.69, 9.17) is 14.0 Å². The number of phosphoric acid groups is 1. The minimum Gasteiger partial charge on any atom is -0.756 e. The van der Waals surface area contributed by atoms with Crippen LogP contribution in [0.1, 0.15) is 110 Å². The van der Waals surface area contributed by atoms with Gasteiger partial charge in [0.05, 0.1) is 19.8 Å². The van der Waals surface area contributed by atoms with Crippen molar-refractivity contribution < 1.29 is 46.8 Å². The second kappa shape index (κ2) is 27.0. The summed E-state index contributed by atoms with van der Waals surface area (Å²) in [7, 11) is -3.23. The normalized spacial score (nSPS) is 13.9. The summed E-state index contributed by atoms with van der Waals surface area (Å²) in [6.45, 7) is 7.02. The van der Waals surface area contributed by atoms with E-state index in [1.165, 1.54) is 89.9 Å². The molecule has 0 saturated heterocycles. The molecule has 192 valence electrons. The van der Waals surface area contributed by atoms with Gasteiger partial charge in [0.1, 0.15) is 6.10 Å². The molecule has 0 aromatic rings. The summed E-state index contributed by atoms with van der Waals surface area (Å²) in [4.78, 5) is 11.5. The Labute approximate surface area is 216 Å². The molecule has 0 aliphatic carbocycles. The van der Waals surface area contributed by atoms with Gasteiger partial charge in [-0.1, -0.05) is 109 Å². The Morgan fingerprint density at radius 1 is 0.788 bits per heavy atom. The molecule has 0 aromatic heterocycles. The molecule has 0 heterocycles. The van der Waals surface area contributed by atoms with E-state index in [2.05, 4.69) is 18.0 Å². The van der Waals surface area contributed by atoms with Gasteiger partial charge in [-0.2, -0.15) is 0 Å². The predicted molar refractivity (Wildman–Crippen MR) is 131 cm³/mol. The Morgan fingerprint density at radius 2 is 1.21 bits per heavy atom. The molecular formula is C25H50LiO6P. The van der Waals surface area contributed by atoms with Crippen LogP contribution in [-0.2, 0) is 23.1 Å². The first-order chi connectivity index (χ1) is 15.6. The smallest absolute Gasteiger partial charge is 0.756 e. The van der Waals surface area contributed by atoms with E-state index in [-0.39, 0.29) is 32.1 Å². The number of ether oxygens (including phenoxy) is 2. The molecule has 0 fully saturated rings. The summed E-state index contributed by atoms with van der Waals surface area (Å²) in [6, 6.07) is 0. The van der Waals surface area contributed by atoms with E-state index < -0.39 is 13.9 Å². The first-order valence-corrected chi connectivity index (χ1v) is 14.3. The van der Waals surface area contributed by atoms with Gasteiger partial charge in [0, 0.05) is 13.7 Å². The Bertz CT molecular complexity index is 453. The molecule has 0 aliphatic rings. The first-order valence-electron chi connectivity index (χ1n) is 12.9. The van der Waals surface area contributed by atoms with Crippen LogP contribution in [0.3, 0.4) is 0 Å². The van der Waals surface area contributed by atoms with Crippen LogP contribution in [0.25, 0.3) is 0 Å². The minimum absolute atomic E-state index is 0. The zero-order valence-electron chi connectivity index (χ0n) is 21.9. The number of hydrogen-bond donors (Lipinski definition) is 0. The van der Waals surface area contributed by atoms with E-state index in [9.17, 15) is 9.46 Å². The molecule has 2 atom stereocenters. The van der Waals surface area contributed by atoms with E-state index >= 15 is 0 Å². The van der Waals surface area contributed by atoms with E-state index in [1.807, 2.05) is 0 Å². The van der Waals surface area contributed by atoms with Crippen LogP contribution < -0.4 is 23.8 Å². The summed E-state index contributed by atoms with van der Waals surface area (Å²) in [5.41, 5.74) is 0. The zero-order valence-corrected chi connectivity index (χ0v) is 22.8. The number of unbranched alkanes of at least 4 members (excludes halogenated alkanes) is 15. The largest absolute Gasteiger partial charge is 1.00 e. The Kier molecular flexibility index (Phi) is 29.0. The van der Waals surface area contributed by atoms with Gasteiger partial charge in [-0.15, -0.1) is 6.58 Å². The summed E-state index contributed by atoms with van der Waals surface area (Å²) in [6.07, 6.45) is 22.2. The molecule has 6 nitrogen and oxygen atoms in total. The van der Waals surface area contributed by atoms with Crippen molar-refractivity contribution in [2.75, 3.05) is 33.5 Å². The molecule has 0 aliphatic heterocycles. The van der Waals surface area contributed by atoms with Crippen molar-refractivity contribution in [2.45, 2.75) is 116 Å². The molecule has 0 aromatic carbocycles. The molecule has 0 radical (unpaired) electrons. The van der Waals surface area contributed by atoms with Crippen molar-refractivity contribution >= 4 is 7.82 Å². The second-order valence-electron chi connectivity index (χ2n) is 8.56. The molecule has 0 amide bonds. The molecular weight excluding hydrogens is 434 g/mol. The van der Waals surface area contributed by atoms with Gasteiger partial charge in [-0.3, -0.25) is 4.57 Å². The quantitative estimate of drug-likeness (QED) is 0.0800. The second-order valence-corrected chi connectivity index (χ2v) is 10.0. The molecule has 0 bridgehead atoms. The zero-order chi connectivity index (χ0) is 23.8. The van der Waals surface area contributed by atoms with Crippen LogP contribution in [-0.4, -0.2) is 39.6 Å². The molecule has 8 heteroatoms. The predicted octanol–water partition coefficient (Wildman–Crippen LogP) is 3.97. The van der Waals surface area contributed by atoms with E-state index in [1.54, 1.807) is 6.08 Å². The van der Waals surface area contributed by atoms with Gasteiger partial charge in [0.2, 0.25) is 0 Å². The van der Waals surface area contributed by atoms with Crippen LogP contribution in [0.5, 0.6) is 0 Å². The van der Waals surface area contributed by atoms with Crippen molar-refractivity contribution in [3.8, 4) is 0 Å². The Balaban J connectivity index is 0. The summed E-state index contributed by atoms with van der Waals surface area (Å²) < 4.78 is 31.7. The maximum absolute atomic E-state index is 11.5. The maximum atomic E-state index is 11.5. The van der Waals surface area contributed by atoms with Crippen LogP contribution in [0.15, 0.2) is 12.7 Å². The Morgan fingerprint density at radius 3 is 1.64 bits per heavy atom. The Hall–Kier alpha value is 0.367. The molecule has 0 spiro atoms. The molecule has 33 heavy (non-hydrogen) atoms. The van der Waals surface area contributed by atoms with Crippen LogP contribution in [0.2, 0.25) is 0 Å². The third-order valence-corrected chi connectivity index (χ3v) is 6.49. The molecule has 0 N–H and O–H groups in total. The number of rotatable bonds is 26. The summed E-state index contributed by atoms with van der Waals surface area (Å²) in [5.74, 6) is 0. The standard InChI is InChI=1S/C25H51O6P.Li/c1-4-6-7-8-9-10-11-12-13-14-15-16-17-18-19-20-22-30-24-25(23-29-21-5-2)31-32(26,27)28-3;/h5,25H,2,4,6-24H2,1,3H3,(H,26,27);/q;+1/p-1. The maximum Gasteiger partial charge on any atom is 1.00 e. The van der Waals surface area contributed by atoms with Gasteiger partial charge in [0.15, 0.2) is 0 Å². The van der Waals surface area contributed by atoms with Crippen LogP contribution >= 0.6 is 7.82 Å². The third-order valence-electron chi connectivity index (χ3n) is 5.49. The van der Waals surface area contributed by atoms with Crippen LogP contribution in [0, 0.1) is 0 Å².